The van der Waals surface area contributed by atoms with Gasteiger partial charge in [0.1, 0.15) is 5.01 Å². The molecule has 0 N–H and O–H groups in total. The van der Waals surface area contributed by atoms with Crippen LogP contribution in [-0.4, -0.2) is 30.5 Å². The Morgan fingerprint density at radius 1 is 1.10 bits per heavy atom. The molecule has 0 atom stereocenters. The lowest BCUT2D eigenvalue weighted by molar-refractivity contribution is 0.429. The van der Waals surface area contributed by atoms with Crippen molar-refractivity contribution >= 4 is 11.3 Å². The largest absolute Gasteiger partial charge is 0.309 e. The number of aromatic nitrogens is 1. The molecule has 2 nitrogen and oxygen atoms in total. The summed E-state index contributed by atoms with van der Waals surface area (Å²) in [4.78, 5) is 8.25. The van der Waals surface area contributed by atoms with Crippen LogP contribution in [-0.2, 0) is 0 Å². The molecular formula is C18H19N2S. The van der Waals surface area contributed by atoms with E-state index < -0.39 is 0 Å². The van der Waals surface area contributed by atoms with Crippen molar-refractivity contribution in [3.63, 3.8) is 0 Å². The number of nitrogens with zero attached hydrogens (tertiary/aromatic N) is 2. The summed E-state index contributed by atoms with van der Waals surface area (Å²) in [6.45, 7) is 3.06. The highest BCUT2D eigenvalue weighted by atomic mass is 32.1. The van der Waals surface area contributed by atoms with E-state index >= 15 is 0 Å². The van der Waals surface area contributed by atoms with Crippen LogP contribution < -0.4 is 0 Å². The highest BCUT2D eigenvalue weighted by Crippen LogP contribution is 2.43. The van der Waals surface area contributed by atoms with E-state index in [0.29, 0.717) is 0 Å². The molecule has 0 spiro atoms. The van der Waals surface area contributed by atoms with Gasteiger partial charge in [0.05, 0.1) is 5.69 Å². The summed E-state index contributed by atoms with van der Waals surface area (Å²) in [5.74, 6) is 2.69. The number of rotatable bonds is 4. The first kappa shape index (κ1) is 14.7. The minimum absolute atomic E-state index is 0.959. The highest BCUT2D eigenvalue weighted by Gasteiger charge is 2.33. The first-order valence-corrected chi connectivity index (χ1v) is 7.89. The average Bonchev–Trinajstić information content (AvgIpc) is 3.05. The van der Waals surface area contributed by atoms with Crippen molar-refractivity contribution in [2.24, 2.45) is 0 Å². The summed E-state index contributed by atoms with van der Waals surface area (Å²) in [7, 11) is 4.21. The lowest BCUT2D eigenvalue weighted by Crippen LogP contribution is -2.22. The van der Waals surface area contributed by atoms with Gasteiger partial charge in [0.25, 0.3) is 0 Å². The molecule has 0 saturated heterocycles. The summed E-state index contributed by atoms with van der Waals surface area (Å²) in [5.41, 5.74) is 2.31. The van der Waals surface area contributed by atoms with Gasteiger partial charge in [-0.3, -0.25) is 0 Å². The lowest BCUT2D eigenvalue weighted by atomic mass is 9.93. The van der Waals surface area contributed by atoms with Crippen molar-refractivity contribution in [2.75, 3.05) is 20.6 Å². The van der Waals surface area contributed by atoms with Crippen molar-refractivity contribution in [3.8, 4) is 10.6 Å². The van der Waals surface area contributed by atoms with Crippen molar-refractivity contribution in [1.82, 2.24) is 9.88 Å². The molecule has 1 aromatic carbocycles. The molecule has 1 aliphatic rings. The molecule has 0 unspecified atom stereocenters. The van der Waals surface area contributed by atoms with Gasteiger partial charge in [-0.25, -0.2) is 4.98 Å². The topological polar surface area (TPSA) is 16.1 Å². The molecule has 1 aliphatic carbocycles. The highest BCUT2D eigenvalue weighted by molar-refractivity contribution is 7.15. The second kappa shape index (κ2) is 6.29. The molecule has 3 heteroatoms. The maximum Gasteiger partial charge on any atom is 0.123 e. The van der Waals surface area contributed by atoms with Crippen LogP contribution in [0.5, 0.6) is 0 Å². The van der Waals surface area contributed by atoms with E-state index in [0.717, 1.165) is 17.2 Å². The van der Waals surface area contributed by atoms with Crippen molar-refractivity contribution in [2.45, 2.75) is 6.92 Å². The molecule has 1 heterocycles. The van der Waals surface area contributed by atoms with Crippen LogP contribution in [0.15, 0.2) is 30.3 Å². The average molecular weight is 295 g/mol. The van der Waals surface area contributed by atoms with Gasteiger partial charge in [-0.15, -0.1) is 11.3 Å². The fourth-order valence-corrected chi connectivity index (χ4v) is 3.64. The third kappa shape index (κ3) is 3.19. The van der Waals surface area contributed by atoms with Gasteiger partial charge in [-0.05, 0) is 40.3 Å². The number of benzene rings is 1. The van der Waals surface area contributed by atoms with Gasteiger partial charge in [-0.1, -0.05) is 30.3 Å². The van der Waals surface area contributed by atoms with Crippen LogP contribution in [0.3, 0.4) is 0 Å². The van der Waals surface area contributed by atoms with Gasteiger partial charge in [0, 0.05) is 28.8 Å². The van der Waals surface area contributed by atoms with Gasteiger partial charge < -0.3 is 4.90 Å². The second-order valence-corrected chi connectivity index (χ2v) is 6.50. The minimum Gasteiger partial charge on any atom is -0.309 e. The Morgan fingerprint density at radius 2 is 1.86 bits per heavy atom. The quantitative estimate of drug-likeness (QED) is 0.853. The molecule has 1 saturated carbocycles. The van der Waals surface area contributed by atoms with Crippen molar-refractivity contribution < 1.29 is 0 Å². The Labute approximate surface area is 131 Å². The standard InChI is InChI=1S/C18H19N2S/c1-13-17(16-11-7-10-15(16)12-20(2)3)21-18(19-13)14-8-5-4-6-9-14/h4-11H,12H2,1-3H3. The molecule has 0 aliphatic heterocycles. The Hall–Kier alpha value is -1.19. The third-order valence-electron chi connectivity index (χ3n) is 3.45. The van der Waals surface area contributed by atoms with Crippen LogP contribution >= 0.6 is 11.3 Å². The van der Waals surface area contributed by atoms with Crippen LogP contribution in [0.4, 0.5) is 0 Å². The molecule has 1 fully saturated rings. The van der Waals surface area contributed by atoms with Crippen LogP contribution in [0, 0.1) is 38.0 Å². The van der Waals surface area contributed by atoms with Crippen LogP contribution in [0.25, 0.3) is 10.6 Å². The van der Waals surface area contributed by atoms with Gasteiger partial charge in [0.2, 0.25) is 0 Å². The van der Waals surface area contributed by atoms with Gasteiger partial charge in [-0.2, -0.15) is 0 Å². The van der Waals surface area contributed by atoms with Crippen molar-refractivity contribution in [3.05, 3.63) is 72.0 Å². The lowest BCUT2D eigenvalue weighted by Gasteiger charge is -2.21. The van der Waals surface area contributed by atoms with E-state index in [9.17, 15) is 0 Å². The summed E-state index contributed by atoms with van der Waals surface area (Å²) in [6, 6.07) is 10.4. The van der Waals surface area contributed by atoms with E-state index in [2.05, 4.69) is 69.4 Å². The van der Waals surface area contributed by atoms with E-state index in [1.54, 1.807) is 11.3 Å². The van der Waals surface area contributed by atoms with E-state index in [-0.39, 0.29) is 0 Å². The Balaban J connectivity index is 1.87. The van der Waals surface area contributed by atoms with Crippen molar-refractivity contribution in [1.29, 1.82) is 0 Å². The number of hydrogen-bond donors (Lipinski definition) is 0. The molecule has 2 aromatic rings. The molecule has 1 aromatic heterocycles. The van der Waals surface area contributed by atoms with Gasteiger partial charge >= 0.3 is 0 Å². The minimum atomic E-state index is 0.959. The Kier molecular flexibility index (Phi) is 4.41. The fourth-order valence-electron chi connectivity index (χ4n) is 2.51. The predicted molar refractivity (Wildman–Crippen MR) is 89.3 cm³/mol. The van der Waals surface area contributed by atoms with Gasteiger partial charge in [0.15, 0.2) is 0 Å². The normalized spacial score (nSPS) is 17.0. The molecule has 21 heavy (non-hydrogen) atoms. The second-order valence-electron chi connectivity index (χ2n) is 5.50. The molecule has 107 valence electrons. The maximum atomic E-state index is 4.76. The first-order valence-electron chi connectivity index (χ1n) is 7.07. The third-order valence-corrected chi connectivity index (χ3v) is 4.69. The zero-order valence-electron chi connectivity index (χ0n) is 12.6. The SMILES string of the molecule is Cc1nc(-c2ccccc2)sc1[C]1[CH][CH][CH][C]1CN(C)C. The summed E-state index contributed by atoms with van der Waals surface area (Å²) in [6.07, 6.45) is 6.54. The smallest absolute Gasteiger partial charge is 0.123 e. The molecule has 0 amide bonds. The predicted octanol–water partition coefficient (Wildman–Crippen LogP) is 3.80. The molecule has 3 rings (SSSR count). The molecule has 0 bridgehead atoms. The van der Waals surface area contributed by atoms with E-state index in [4.69, 9.17) is 4.98 Å². The Morgan fingerprint density at radius 3 is 2.57 bits per heavy atom. The first-order chi connectivity index (χ1) is 10.1. The van der Waals surface area contributed by atoms with E-state index in [1.807, 2.05) is 6.07 Å². The zero-order chi connectivity index (χ0) is 14.8. The monoisotopic (exact) mass is 295 g/mol. The summed E-state index contributed by atoms with van der Waals surface area (Å²) in [5, 5.41) is 1.10. The maximum absolute atomic E-state index is 4.76. The number of hydrogen-bond acceptors (Lipinski definition) is 3. The Bertz CT molecular complexity index is 589. The number of aryl methyl sites for hydroxylation is 1. The summed E-state index contributed by atoms with van der Waals surface area (Å²) < 4.78 is 0. The van der Waals surface area contributed by atoms with E-state index in [1.165, 1.54) is 22.3 Å². The number of thiazole rings is 1. The van der Waals surface area contributed by atoms with Crippen LogP contribution in [0.1, 0.15) is 10.6 Å². The molecule has 5 radical (unpaired) electrons. The molecular weight excluding hydrogens is 276 g/mol. The summed E-state index contributed by atoms with van der Waals surface area (Å²) >= 11 is 1.78. The fraction of sp³-hybridized carbons (Fsp3) is 0.222. The zero-order valence-corrected chi connectivity index (χ0v) is 13.4. The van der Waals surface area contributed by atoms with Crippen LogP contribution in [0.2, 0.25) is 0 Å².